The Labute approximate surface area is 107 Å². The monoisotopic (exact) mass is 249 g/mol. The first-order valence-electron chi connectivity index (χ1n) is 6.32. The lowest BCUT2D eigenvalue weighted by Crippen LogP contribution is -2.21. The van der Waals surface area contributed by atoms with E-state index in [0.29, 0.717) is 11.5 Å². The SMILES string of the molecule is CNC(=O)c1ccc(NCCCNC2CC2)nn1. The number of aromatic nitrogens is 2. The van der Waals surface area contributed by atoms with Gasteiger partial charge in [-0.2, -0.15) is 0 Å². The summed E-state index contributed by atoms with van der Waals surface area (Å²) in [5.74, 6) is 0.483. The Bertz CT molecular complexity index is 388. The molecule has 1 heterocycles. The number of hydrogen-bond acceptors (Lipinski definition) is 5. The van der Waals surface area contributed by atoms with Crippen molar-refractivity contribution in [2.75, 3.05) is 25.5 Å². The minimum absolute atomic E-state index is 0.220. The second kappa shape index (κ2) is 6.30. The van der Waals surface area contributed by atoms with Gasteiger partial charge in [-0.1, -0.05) is 0 Å². The Hall–Kier alpha value is -1.69. The molecule has 1 amide bonds. The smallest absolute Gasteiger partial charge is 0.271 e. The highest BCUT2D eigenvalue weighted by Gasteiger charge is 2.19. The van der Waals surface area contributed by atoms with E-state index in [1.54, 1.807) is 19.2 Å². The molecule has 0 atom stereocenters. The number of hydrogen-bond donors (Lipinski definition) is 3. The van der Waals surface area contributed by atoms with E-state index in [9.17, 15) is 4.79 Å². The van der Waals surface area contributed by atoms with Crippen LogP contribution in [0.2, 0.25) is 0 Å². The predicted molar refractivity (Wildman–Crippen MR) is 69.6 cm³/mol. The zero-order valence-electron chi connectivity index (χ0n) is 10.6. The van der Waals surface area contributed by atoms with Gasteiger partial charge in [-0.05, 0) is 37.9 Å². The van der Waals surface area contributed by atoms with Crippen LogP contribution in [0.1, 0.15) is 29.8 Å². The van der Waals surface area contributed by atoms with Crippen molar-refractivity contribution in [3.63, 3.8) is 0 Å². The summed E-state index contributed by atoms with van der Waals surface area (Å²) in [6.07, 6.45) is 3.69. The van der Waals surface area contributed by atoms with Crippen LogP contribution in [0.4, 0.5) is 5.82 Å². The topological polar surface area (TPSA) is 78.9 Å². The van der Waals surface area contributed by atoms with E-state index >= 15 is 0 Å². The molecule has 18 heavy (non-hydrogen) atoms. The molecule has 0 aromatic carbocycles. The minimum atomic E-state index is -0.220. The first-order chi connectivity index (χ1) is 8.79. The normalized spacial score (nSPS) is 14.3. The van der Waals surface area contributed by atoms with E-state index in [2.05, 4.69) is 26.1 Å². The van der Waals surface area contributed by atoms with Crippen LogP contribution in [-0.2, 0) is 0 Å². The van der Waals surface area contributed by atoms with Gasteiger partial charge >= 0.3 is 0 Å². The molecule has 0 unspecified atom stereocenters. The van der Waals surface area contributed by atoms with Gasteiger partial charge in [-0.3, -0.25) is 4.79 Å². The highest BCUT2D eigenvalue weighted by Crippen LogP contribution is 2.18. The van der Waals surface area contributed by atoms with Crippen molar-refractivity contribution in [3.05, 3.63) is 17.8 Å². The quantitative estimate of drug-likeness (QED) is 0.609. The molecule has 1 saturated carbocycles. The number of amides is 1. The Morgan fingerprint density at radius 2 is 2.17 bits per heavy atom. The predicted octanol–water partition coefficient (Wildman–Crippen LogP) is 0.390. The van der Waals surface area contributed by atoms with E-state index in [0.717, 1.165) is 25.6 Å². The Balaban J connectivity index is 1.67. The van der Waals surface area contributed by atoms with E-state index in [1.807, 2.05) is 0 Å². The average Bonchev–Trinajstić information content (AvgIpc) is 3.22. The molecule has 3 N–H and O–H groups in total. The summed E-state index contributed by atoms with van der Waals surface area (Å²) in [6.45, 7) is 1.88. The molecule has 1 fully saturated rings. The molecule has 1 aliphatic carbocycles. The van der Waals surface area contributed by atoms with Crippen LogP contribution in [0, 0.1) is 0 Å². The molecule has 6 heteroatoms. The van der Waals surface area contributed by atoms with Gasteiger partial charge in [-0.15, -0.1) is 10.2 Å². The fourth-order valence-electron chi connectivity index (χ4n) is 1.57. The summed E-state index contributed by atoms with van der Waals surface area (Å²) < 4.78 is 0. The number of nitrogens with zero attached hydrogens (tertiary/aromatic N) is 2. The second-order valence-electron chi connectivity index (χ2n) is 4.39. The van der Waals surface area contributed by atoms with Crippen molar-refractivity contribution in [2.24, 2.45) is 0 Å². The number of nitrogens with one attached hydrogen (secondary N) is 3. The second-order valence-corrected chi connectivity index (χ2v) is 4.39. The van der Waals surface area contributed by atoms with Crippen LogP contribution in [0.3, 0.4) is 0 Å². The first-order valence-corrected chi connectivity index (χ1v) is 6.32. The minimum Gasteiger partial charge on any atom is -0.369 e. The van der Waals surface area contributed by atoms with Gasteiger partial charge in [-0.25, -0.2) is 0 Å². The fourth-order valence-corrected chi connectivity index (χ4v) is 1.57. The van der Waals surface area contributed by atoms with Crippen molar-refractivity contribution in [1.82, 2.24) is 20.8 Å². The molecule has 1 aromatic heterocycles. The van der Waals surface area contributed by atoms with Crippen molar-refractivity contribution in [3.8, 4) is 0 Å². The number of carbonyl (C=O) groups excluding carboxylic acids is 1. The molecule has 1 aliphatic rings. The number of anilines is 1. The zero-order chi connectivity index (χ0) is 12.8. The van der Waals surface area contributed by atoms with Crippen LogP contribution in [0.5, 0.6) is 0 Å². The molecular weight excluding hydrogens is 230 g/mol. The highest BCUT2D eigenvalue weighted by atomic mass is 16.1. The Kier molecular flexibility index (Phi) is 4.46. The van der Waals surface area contributed by atoms with Gasteiger partial charge in [0.1, 0.15) is 5.82 Å². The van der Waals surface area contributed by atoms with E-state index < -0.39 is 0 Å². The van der Waals surface area contributed by atoms with E-state index in [-0.39, 0.29) is 5.91 Å². The standard InChI is InChI=1S/C12H19N5O/c1-13-12(18)10-5-6-11(17-16-10)15-8-2-7-14-9-3-4-9/h5-6,9,14H,2-4,7-8H2,1H3,(H,13,18)(H,15,17). The molecule has 0 spiro atoms. The molecule has 6 nitrogen and oxygen atoms in total. The first kappa shape index (κ1) is 12.8. The van der Waals surface area contributed by atoms with Crippen molar-refractivity contribution >= 4 is 11.7 Å². The third-order valence-corrected chi connectivity index (χ3v) is 2.79. The summed E-state index contributed by atoms with van der Waals surface area (Å²) >= 11 is 0. The maximum absolute atomic E-state index is 11.3. The number of rotatable bonds is 7. The average molecular weight is 249 g/mol. The van der Waals surface area contributed by atoms with Crippen molar-refractivity contribution in [1.29, 1.82) is 0 Å². The van der Waals surface area contributed by atoms with Gasteiger partial charge in [0.15, 0.2) is 5.69 Å². The van der Waals surface area contributed by atoms with E-state index in [4.69, 9.17) is 0 Å². The van der Waals surface area contributed by atoms with Gasteiger partial charge in [0.2, 0.25) is 0 Å². The van der Waals surface area contributed by atoms with Gasteiger partial charge in [0, 0.05) is 19.6 Å². The number of carbonyl (C=O) groups is 1. The van der Waals surface area contributed by atoms with E-state index in [1.165, 1.54) is 12.8 Å². The van der Waals surface area contributed by atoms with Crippen molar-refractivity contribution in [2.45, 2.75) is 25.3 Å². The Morgan fingerprint density at radius 3 is 2.78 bits per heavy atom. The summed E-state index contributed by atoms with van der Waals surface area (Å²) in [5, 5.41) is 16.9. The maximum Gasteiger partial charge on any atom is 0.271 e. The summed E-state index contributed by atoms with van der Waals surface area (Å²) in [6, 6.07) is 4.19. The van der Waals surface area contributed by atoms with Crippen LogP contribution in [-0.4, -0.2) is 42.3 Å². The van der Waals surface area contributed by atoms with Crippen LogP contribution < -0.4 is 16.0 Å². The molecule has 0 radical (unpaired) electrons. The lowest BCUT2D eigenvalue weighted by Gasteiger charge is -2.06. The molecule has 0 bridgehead atoms. The third-order valence-electron chi connectivity index (χ3n) is 2.79. The molecule has 0 aliphatic heterocycles. The van der Waals surface area contributed by atoms with Crippen molar-refractivity contribution < 1.29 is 4.79 Å². The van der Waals surface area contributed by atoms with Crippen LogP contribution in [0.25, 0.3) is 0 Å². The fraction of sp³-hybridized carbons (Fsp3) is 0.583. The lowest BCUT2D eigenvalue weighted by atomic mass is 10.3. The molecule has 0 saturated heterocycles. The summed E-state index contributed by atoms with van der Waals surface area (Å²) in [4.78, 5) is 11.3. The molecular formula is C12H19N5O. The summed E-state index contributed by atoms with van der Waals surface area (Å²) in [7, 11) is 1.57. The molecule has 2 rings (SSSR count). The lowest BCUT2D eigenvalue weighted by molar-refractivity contribution is 0.0957. The maximum atomic E-state index is 11.3. The van der Waals surface area contributed by atoms with Crippen LogP contribution in [0.15, 0.2) is 12.1 Å². The molecule has 1 aromatic rings. The zero-order valence-corrected chi connectivity index (χ0v) is 10.6. The highest BCUT2D eigenvalue weighted by molar-refractivity contribution is 5.91. The largest absolute Gasteiger partial charge is 0.369 e. The summed E-state index contributed by atoms with van der Waals surface area (Å²) in [5.41, 5.74) is 0.332. The van der Waals surface area contributed by atoms with Gasteiger partial charge in [0.25, 0.3) is 5.91 Å². The van der Waals surface area contributed by atoms with Gasteiger partial charge < -0.3 is 16.0 Å². The van der Waals surface area contributed by atoms with Gasteiger partial charge in [0.05, 0.1) is 0 Å². The Morgan fingerprint density at radius 1 is 1.33 bits per heavy atom. The third kappa shape index (κ3) is 3.96. The molecule has 98 valence electrons. The van der Waals surface area contributed by atoms with Crippen LogP contribution >= 0.6 is 0 Å².